The van der Waals surface area contributed by atoms with E-state index in [1.165, 1.54) is 5.39 Å². The molecule has 0 spiro atoms. The number of benzene rings is 2. The van der Waals surface area contributed by atoms with Gasteiger partial charge >= 0.3 is 0 Å². The normalized spacial score (nSPS) is 10.5. The fourth-order valence-corrected chi connectivity index (χ4v) is 2.06. The molecule has 0 saturated carbocycles. The van der Waals surface area contributed by atoms with E-state index in [2.05, 4.69) is 34.5 Å². The van der Waals surface area contributed by atoms with Crippen LogP contribution in [0, 0.1) is 6.33 Å². The molecule has 0 bridgehead atoms. The van der Waals surface area contributed by atoms with Crippen LogP contribution in [0.25, 0.3) is 22.0 Å². The molecular weight excluding hydrogens is 224 g/mol. The molecule has 3 rings (SSSR count). The molecule has 2 aromatic carbocycles. The Hall–Kier alpha value is -2.42. The van der Waals surface area contributed by atoms with Gasteiger partial charge in [0, 0.05) is 5.56 Å². The van der Waals surface area contributed by atoms with Gasteiger partial charge in [-0.3, -0.25) is 0 Å². The molecule has 0 aliphatic carbocycles. The highest BCUT2D eigenvalue weighted by atomic mass is 16.5. The van der Waals surface area contributed by atoms with Gasteiger partial charge in [0.05, 0.1) is 13.3 Å². The Bertz CT molecular complexity index is 689. The van der Waals surface area contributed by atoms with Crippen molar-refractivity contribution in [2.24, 2.45) is 0 Å². The second-order valence-corrected chi connectivity index (χ2v) is 3.91. The Morgan fingerprint density at radius 3 is 2.78 bits per heavy atom. The SMILES string of the molecule is COc1cn[c]nc1-c1cccc2ccccc12. The van der Waals surface area contributed by atoms with Crippen LogP contribution in [-0.4, -0.2) is 17.1 Å². The minimum atomic E-state index is 0.658. The van der Waals surface area contributed by atoms with Crippen molar-refractivity contribution in [3.63, 3.8) is 0 Å². The van der Waals surface area contributed by atoms with E-state index in [9.17, 15) is 0 Å². The largest absolute Gasteiger partial charge is 0.493 e. The van der Waals surface area contributed by atoms with E-state index < -0.39 is 0 Å². The highest BCUT2D eigenvalue weighted by molar-refractivity contribution is 5.96. The molecule has 0 aliphatic heterocycles. The number of hydrogen-bond acceptors (Lipinski definition) is 3. The molecule has 0 N–H and O–H groups in total. The Kier molecular flexibility index (Phi) is 2.65. The molecule has 0 saturated heterocycles. The van der Waals surface area contributed by atoms with Crippen molar-refractivity contribution in [1.82, 2.24) is 9.97 Å². The summed E-state index contributed by atoms with van der Waals surface area (Å²) in [6, 6.07) is 14.3. The van der Waals surface area contributed by atoms with Crippen LogP contribution in [-0.2, 0) is 0 Å². The first-order valence-electron chi connectivity index (χ1n) is 5.65. The molecule has 0 atom stereocenters. The summed E-state index contributed by atoms with van der Waals surface area (Å²) in [4.78, 5) is 8.07. The average molecular weight is 235 g/mol. The lowest BCUT2D eigenvalue weighted by Gasteiger charge is -2.09. The van der Waals surface area contributed by atoms with E-state index in [-0.39, 0.29) is 0 Å². The van der Waals surface area contributed by atoms with Gasteiger partial charge in [-0.1, -0.05) is 42.5 Å². The third kappa shape index (κ3) is 1.70. The van der Waals surface area contributed by atoms with E-state index in [1.807, 2.05) is 24.3 Å². The minimum Gasteiger partial charge on any atom is -0.493 e. The van der Waals surface area contributed by atoms with E-state index >= 15 is 0 Å². The molecule has 0 aliphatic rings. The monoisotopic (exact) mass is 235 g/mol. The maximum atomic E-state index is 5.30. The fourth-order valence-electron chi connectivity index (χ4n) is 2.06. The molecule has 3 heteroatoms. The van der Waals surface area contributed by atoms with Gasteiger partial charge in [-0.15, -0.1) is 0 Å². The van der Waals surface area contributed by atoms with Crippen LogP contribution in [0.3, 0.4) is 0 Å². The summed E-state index contributed by atoms with van der Waals surface area (Å²) in [5, 5.41) is 2.32. The predicted octanol–water partition coefficient (Wildman–Crippen LogP) is 3.11. The maximum Gasteiger partial charge on any atom is 0.198 e. The fraction of sp³-hybridized carbons (Fsp3) is 0.0667. The van der Waals surface area contributed by atoms with Gasteiger partial charge in [-0.25, -0.2) is 9.97 Å². The van der Waals surface area contributed by atoms with Gasteiger partial charge < -0.3 is 4.74 Å². The van der Waals surface area contributed by atoms with Crippen LogP contribution >= 0.6 is 0 Å². The smallest absolute Gasteiger partial charge is 0.198 e. The van der Waals surface area contributed by atoms with Crippen LogP contribution in [0.2, 0.25) is 0 Å². The Balaban J connectivity index is 2.32. The van der Waals surface area contributed by atoms with Gasteiger partial charge in [0.25, 0.3) is 0 Å². The Morgan fingerprint density at radius 2 is 1.89 bits per heavy atom. The number of nitrogens with zero attached hydrogens (tertiary/aromatic N) is 2. The predicted molar refractivity (Wildman–Crippen MR) is 70.4 cm³/mol. The molecule has 18 heavy (non-hydrogen) atoms. The summed E-state index contributed by atoms with van der Waals surface area (Å²) in [5.41, 5.74) is 1.80. The van der Waals surface area contributed by atoms with Crippen molar-refractivity contribution in [2.45, 2.75) is 0 Å². The molecule has 0 fully saturated rings. The summed E-state index contributed by atoms with van der Waals surface area (Å²) < 4.78 is 5.30. The molecule has 1 radical (unpaired) electrons. The summed E-state index contributed by atoms with van der Waals surface area (Å²) in [5.74, 6) is 0.658. The zero-order valence-electron chi connectivity index (χ0n) is 9.92. The molecule has 0 unspecified atom stereocenters. The van der Waals surface area contributed by atoms with Crippen molar-refractivity contribution in [2.75, 3.05) is 7.11 Å². The third-order valence-corrected chi connectivity index (χ3v) is 2.90. The molecular formula is C15H11N2O. The summed E-state index contributed by atoms with van der Waals surface area (Å²) in [6.07, 6.45) is 4.25. The third-order valence-electron chi connectivity index (χ3n) is 2.90. The summed E-state index contributed by atoms with van der Waals surface area (Å²) >= 11 is 0. The zero-order chi connectivity index (χ0) is 12.4. The molecule has 0 amide bonds. The van der Waals surface area contributed by atoms with Crippen molar-refractivity contribution in [3.05, 3.63) is 55.0 Å². The quantitative estimate of drug-likeness (QED) is 0.684. The zero-order valence-corrected chi connectivity index (χ0v) is 9.92. The van der Waals surface area contributed by atoms with Crippen molar-refractivity contribution in [3.8, 4) is 17.0 Å². The second kappa shape index (κ2) is 4.45. The lowest BCUT2D eigenvalue weighted by molar-refractivity contribution is 0.412. The summed E-state index contributed by atoms with van der Waals surface area (Å²) in [6.45, 7) is 0. The number of fused-ring (bicyclic) bond motifs is 1. The summed E-state index contributed by atoms with van der Waals surface area (Å²) in [7, 11) is 1.62. The number of rotatable bonds is 2. The lowest BCUT2D eigenvalue weighted by atomic mass is 10.0. The van der Waals surface area contributed by atoms with E-state index in [0.717, 1.165) is 16.6 Å². The molecule has 1 heterocycles. The van der Waals surface area contributed by atoms with Crippen molar-refractivity contribution in [1.29, 1.82) is 0 Å². The van der Waals surface area contributed by atoms with Gasteiger partial charge in [-0.2, -0.15) is 0 Å². The first-order valence-corrected chi connectivity index (χ1v) is 5.65. The van der Waals surface area contributed by atoms with Crippen LogP contribution < -0.4 is 4.74 Å². The minimum absolute atomic E-state index is 0.658. The number of aromatic nitrogens is 2. The van der Waals surface area contributed by atoms with Crippen LogP contribution in [0.4, 0.5) is 0 Å². The molecule has 3 aromatic rings. The average Bonchev–Trinajstić information content (AvgIpc) is 2.46. The van der Waals surface area contributed by atoms with Gasteiger partial charge in [-0.05, 0) is 10.8 Å². The van der Waals surface area contributed by atoms with Crippen LogP contribution in [0.5, 0.6) is 5.75 Å². The number of hydrogen-bond donors (Lipinski definition) is 0. The van der Waals surface area contributed by atoms with Gasteiger partial charge in [0.15, 0.2) is 12.1 Å². The number of ether oxygens (including phenoxy) is 1. The van der Waals surface area contributed by atoms with Crippen LogP contribution in [0.15, 0.2) is 48.7 Å². The highest BCUT2D eigenvalue weighted by Crippen LogP contribution is 2.32. The first kappa shape index (κ1) is 10.7. The number of methoxy groups -OCH3 is 1. The second-order valence-electron chi connectivity index (χ2n) is 3.91. The Labute approximate surface area is 105 Å². The van der Waals surface area contributed by atoms with Gasteiger partial charge in [0.2, 0.25) is 0 Å². The maximum absolute atomic E-state index is 5.30. The van der Waals surface area contributed by atoms with Crippen molar-refractivity contribution < 1.29 is 4.74 Å². The molecule has 3 nitrogen and oxygen atoms in total. The van der Waals surface area contributed by atoms with Gasteiger partial charge in [0.1, 0.15) is 5.69 Å². The molecule has 87 valence electrons. The topological polar surface area (TPSA) is 35.0 Å². The van der Waals surface area contributed by atoms with E-state index in [0.29, 0.717) is 5.75 Å². The first-order chi connectivity index (χ1) is 8.90. The molecule has 1 aromatic heterocycles. The standard InChI is InChI=1S/C15H11N2O/c1-18-14-9-16-10-17-15(14)13-8-4-6-11-5-2-3-7-12(11)13/h2-9H,1H3. The van der Waals surface area contributed by atoms with Crippen LogP contribution in [0.1, 0.15) is 0 Å². The highest BCUT2D eigenvalue weighted by Gasteiger charge is 2.10. The van der Waals surface area contributed by atoms with Crippen molar-refractivity contribution >= 4 is 10.8 Å². The van der Waals surface area contributed by atoms with E-state index in [1.54, 1.807) is 13.3 Å². The van der Waals surface area contributed by atoms with E-state index in [4.69, 9.17) is 4.74 Å². The lowest BCUT2D eigenvalue weighted by Crippen LogP contribution is -1.93. The Morgan fingerprint density at radius 1 is 1.06 bits per heavy atom.